The summed E-state index contributed by atoms with van der Waals surface area (Å²) in [5.74, 6) is 2.70. The maximum atomic E-state index is 15.6. The van der Waals surface area contributed by atoms with Gasteiger partial charge in [0.1, 0.15) is 5.82 Å². The molecule has 2 heterocycles. The molecule has 4 aliphatic carbocycles. The van der Waals surface area contributed by atoms with Crippen molar-refractivity contribution in [2.45, 2.75) is 37.3 Å². The van der Waals surface area contributed by atoms with Gasteiger partial charge in [-0.3, -0.25) is 4.79 Å². The first-order valence-corrected chi connectivity index (χ1v) is 11.3. The van der Waals surface area contributed by atoms with E-state index in [-0.39, 0.29) is 28.6 Å². The Kier molecular flexibility index (Phi) is 4.21. The minimum atomic E-state index is -1.60. The Morgan fingerprint density at radius 1 is 1.33 bits per heavy atom. The molecular weight excluding hydrogens is 425 g/mol. The maximum absolute atomic E-state index is 15.6. The van der Waals surface area contributed by atoms with Gasteiger partial charge < -0.3 is 25.0 Å². The first kappa shape index (κ1) is 20.3. The number of fused-ring (bicyclic) bond motifs is 2. The molecule has 7 rings (SSSR count). The van der Waals surface area contributed by atoms with Gasteiger partial charge in [-0.1, -0.05) is 18.1 Å². The van der Waals surface area contributed by atoms with Gasteiger partial charge in [0.2, 0.25) is 5.43 Å². The fraction of sp³-hybridized carbons (Fsp3) is 0.440. The largest absolute Gasteiger partial charge is 0.511 e. The van der Waals surface area contributed by atoms with Crippen molar-refractivity contribution in [3.63, 3.8) is 0 Å². The number of nitrogens with two attached hydrogens (primary N) is 1. The minimum Gasteiger partial charge on any atom is -0.449 e. The van der Waals surface area contributed by atoms with E-state index in [0.717, 1.165) is 25.7 Å². The van der Waals surface area contributed by atoms with Crippen molar-refractivity contribution in [1.29, 1.82) is 0 Å². The molecule has 1 aromatic carbocycles. The monoisotopic (exact) mass is 449 g/mol. The molecule has 7 nitrogen and oxygen atoms in total. The zero-order chi connectivity index (χ0) is 23.1. The van der Waals surface area contributed by atoms with Crippen molar-refractivity contribution in [1.82, 2.24) is 4.57 Å². The van der Waals surface area contributed by atoms with Gasteiger partial charge in [-0.15, -0.1) is 6.42 Å². The lowest BCUT2D eigenvalue weighted by atomic mass is 9.60. The minimum absolute atomic E-state index is 0.0310. The van der Waals surface area contributed by atoms with Crippen LogP contribution in [0.4, 0.5) is 14.9 Å². The molecule has 1 aliphatic heterocycles. The van der Waals surface area contributed by atoms with E-state index in [1.165, 1.54) is 12.3 Å². The van der Waals surface area contributed by atoms with Crippen LogP contribution in [0.3, 0.4) is 0 Å². The molecule has 0 amide bonds. The standard InChI is InChI=1S/C25H24FN3O4/c1-2-15-21-16(23(30)20(33-24(31)32)12-29(21)14-3-4-14)9-19(26)22(15)28-10-17-13-5-7-25(27,8-6-13)18(17)11-28/h1,5,7,9,12-14,17-18H,3-4,6,8,10-11,27H2,(H,31,32). The number of terminal acetylenes is 1. The smallest absolute Gasteiger partial charge is 0.449 e. The Morgan fingerprint density at radius 2 is 2.12 bits per heavy atom. The summed E-state index contributed by atoms with van der Waals surface area (Å²) >= 11 is 0. The summed E-state index contributed by atoms with van der Waals surface area (Å²) in [5.41, 5.74) is 6.74. The molecule has 1 aromatic heterocycles. The Balaban J connectivity index is 1.53. The number of benzene rings is 1. The van der Waals surface area contributed by atoms with E-state index in [2.05, 4.69) is 18.1 Å². The highest BCUT2D eigenvalue weighted by Gasteiger charge is 2.53. The Labute approximate surface area is 189 Å². The molecule has 3 N–H and O–H groups in total. The van der Waals surface area contributed by atoms with Crippen molar-refractivity contribution >= 4 is 22.7 Å². The topological polar surface area (TPSA) is 97.8 Å². The first-order valence-electron chi connectivity index (χ1n) is 11.3. The quantitative estimate of drug-likeness (QED) is 0.424. The third-order valence-corrected chi connectivity index (χ3v) is 7.98. The van der Waals surface area contributed by atoms with Crippen LogP contribution in [0.15, 0.2) is 29.2 Å². The predicted octanol–water partition coefficient (Wildman–Crippen LogP) is 3.24. The van der Waals surface area contributed by atoms with E-state index >= 15 is 4.39 Å². The Morgan fingerprint density at radius 3 is 2.73 bits per heavy atom. The SMILES string of the molecule is C#Cc1c(N2CC3C4C=CC(N)(CC4)C3C2)c(F)cc2c(=O)c(OC(=O)O)cn(C3CC3)c12. The summed E-state index contributed by atoms with van der Waals surface area (Å²) in [5, 5.41) is 9.05. The van der Waals surface area contributed by atoms with Crippen molar-refractivity contribution in [3.05, 3.63) is 46.0 Å². The van der Waals surface area contributed by atoms with Gasteiger partial charge in [-0.2, -0.15) is 0 Å². The summed E-state index contributed by atoms with van der Waals surface area (Å²) in [4.78, 5) is 26.1. The van der Waals surface area contributed by atoms with Gasteiger partial charge in [0, 0.05) is 30.6 Å². The lowest BCUT2D eigenvalue weighted by Gasteiger charge is -2.47. The highest BCUT2D eigenvalue weighted by atomic mass is 19.1. The van der Waals surface area contributed by atoms with E-state index in [9.17, 15) is 9.59 Å². The average molecular weight is 449 g/mol. The second-order valence-corrected chi connectivity index (χ2v) is 9.80. The molecule has 0 spiro atoms. The zero-order valence-corrected chi connectivity index (χ0v) is 18.0. The highest BCUT2D eigenvalue weighted by molar-refractivity contribution is 5.92. The number of aromatic nitrogens is 1. The normalized spacial score (nSPS) is 29.8. The Hall–Kier alpha value is -3.31. The average Bonchev–Trinajstić information content (AvgIpc) is 3.52. The number of carbonyl (C=O) groups is 1. The molecule has 8 heteroatoms. The van der Waals surface area contributed by atoms with Crippen LogP contribution in [0.25, 0.3) is 10.9 Å². The van der Waals surface area contributed by atoms with E-state index < -0.39 is 17.4 Å². The molecule has 4 unspecified atom stereocenters. The molecule has 33 heavy (non-hydrogen) atoms. The molecule has 2 bridgehead atoms. The molecule has 1 saturated heterocycles. The second kappa shape index (κ2) is 6.84. The summed E-state index contributed by atoms with van der Waals surface area (Å²) in [6.07, 6.45) is 13.7. The number of nitrogens with zero attached hydrogens (tertiary/aromatic N) is 2. The number of pyridine rings is 1. The van der Waals surface area contributed by atoms with Crippen molar-refractivity contribution in [2.75, 3.05) is 18.0 Å². The number of halogens is 1. The fourth-order valence-corrected chi connectivity index (χ4v) is 6.29. The number of anilines is 1. The van der Waals surface area contributed by atoms with E-state index in [0.29, 0.717) is 41.7 Å². The molecule has 3 fully saturated rings. The number of carboxylic acid groups (broad SMARTS) is 1. The van der Waals surface area contributed by atoms with Crippen LogP contribution in [0, 0.1) is 35.9 Å². The lowest BCUT2D eigenvalue weighted by Crippen LogP contribution is -2.55. The van der Waals surface area contributed by atoms with Crippen LogP contribution in [-0.4, -0.2) is 34.5 Å². The van der Waals surface area contributed by atoms with Crippen molar-refractivity contribution in [2.24, 2.45) is 23.5 Å². The number of ether oxygens (including phenoxy) is 1. The molecule has 2 aromatic rings. The van der Waals surface area contributed by atoms with Crippen molar-refractivity contribution < 1.29 is 19.0 Å². The van der Waals surface area contributed by atoms with Gasteiger partial charge in [-0.05, 0) is 43.6 Å². The highest BCUT2D eigenvalue weighted by Crippen LogP contribution is 2.51. The van der Waals surface area contributed by atoms with Gasteiger partial charge >= 0.3 is 6.16 Å². The molecule has 4 atom stereocenters. The van der Waals surface area contributed by atoms with Gasteiger partial charge in [-0.25, -0.2) is 9.18 Å². The van der Waals surface area contributed by atoms with Gasteiger partial charge in [0.05, 0.1) is 28.4 Å². The Bertz CT molecular complexity index is 1340. The van der Waals surface area contributed by atoms with Gasteiger partial charge in [0.15, 0.2) is 5.75 Å². The van der Waals surface area contributed by atoms with Crippen molar-refractivity contribution in [3.8, 4) is 18.1 Å². The van der Waals surface area contributed by atoms with Crippen LogP contribution in [0.5, 0.6) is 5.75 Å². The van der Waals surface area contributed by atoms with Gasteiger partial charge in [0.25, 0.3) is 0 Å². The molecule has 0 radical (unpaired) electrons. The van der Waals surface area contributed by atoms with E-state index in [1.54, 1.807) is 4.57 Å². The number of allylic oxidation sites excluding steroid dienone is 1. The zero-order valence-electron chi connectivity index (χ0n) is 18.0. The van der Waals surface area contributed by atoms with Crippen LogP contribution < -0.4 is 20.8 Å². The predicted molar refractivity (Wildman–Crippen MR) is 121 cm³/mol. The van der Waals surface area contributed by atoms with E-state index in [1.807, 2.05) is 4.90 Å². The molecule has 5 aliphatic rings. The number of hydrogen-bond donors (Lipinski definition) is 2. The number of hydrogen-bond acceptors (Lipinski definition) is 5. The first-order chi connectivity index (χ1) is 15.8. The molecule has 170 valence electrons. The second-order valence-electron chi connectivity index (χ2n) is 9.80. The summed E-state index contributed by atoms with van der Waals surface area (Å²) in [6, 6.07) is 1.23. The van der Waals surface area contributed by atoms with Crippen LogP contribution >= 0.6 is 0 Å². The molecule has 2 saturated carbocycles. The summed E-state index contributed by atoms with van der Waals surface area (Å²) in [7, 11) is 0. The molecular formula is C25H24FN3O4. The lowest BCUT2D eigenvalue weighted by molar-refractivity contribution is 0.139. The third-order valence-electron chi connectivity index (χ3n) is 7.98. The maximum Gasteiger partial charge on any atom is 0.511 e. The van der Waals surface area contributed by atoms with Crippen LogP contribution in [0.2, 0.25) is 0 Å². The van der Waals surface area contributed by atoms with Crippen LogP contribution in [-0.2, 0) is 0 Å². The third kappa shape index (κ3) is 2.92. The van der Waals surface area contributed by atoms with Crippen LogP contribution in [0.1, 0.15) is 37.3 Å². The number of rotatable bonds is 3. The summed E-state index contributed by atoms with van der Waals surface area (Å²) in [6.45, 7) is 1.26. The fourth-order valence-electron chi connectivity index (χ4n) is 6.29. The summed E-state index contributed by atoms with van der Waals surface area (Å²) < 4.78 is 22.1. The van der Waals surface area contributed by atoms with E-state index in [4.69, 9.17) is 22.0 Å².